The molecule has 2 unspecified atom stereocenters. The second-order valence-corrected chi connectivity index (χ2v) is 8.53. The van der Waals surface area contributed by atoms with E-state index in [0.29, 0.717) is 5.92 Å². The Morgan fingerprint density at radius 2 is 2.11 bits per heavy atom. The maximum absolute atomic E-state index is 12.2. The fourth-order valence-electron chi connectivity index (χ4n) is 4.08. The number of alkyl carbamates (subject to hydrolysis) is 1. The highest BCUT2D eigenvalue weighted by Crippen LogP contribution is 2.36. The molecular weight excluding hydrogens is 358 g/mol. The van der Waals surface area contributed by atoms with Crippen LogP contribution in [0.5, 0.6) is 0 Å². The molecule has 3 fully saturated rings. The summed E-state index contributed by atoms with van der Waals surface area (Å²) in [6.45, 7) is 2.04. The SMILES string of the molecule is CC1(NC(=O)O[C@@H]2CC[C@H](C3CC(NC(=O)Cc4ccccn4)NN3)C2)CC1. The zero-order chi connectivity index (χ0) is 19.6. The Morgan fingerprint density at radius 3 is 2.86 bits per heavy atom. The second-order valence-electron chi connectivity index (χ2n) is 8.53. The average Bonchev–Trinajstić information content (AvgIpc) is 3.05. The summed E-state index contributed by atoms with van der Waals surface area (Å²) in [4.78, 5) is 28.4. The van der Waals surface area contributed by atoms with Crippen molar-refractivity contribution < 1.29 is 14.3 Å². The van der Waals surface area contributed by atoms with Crippen LogP contribution in [0.1, 0.15) is 51.1 Å². The number of hydrogen-bond donors (Lipinski definition) is 4. The van der Waals surface area contributed by atoms with Gasteiger partial charge < -0.3 is 15.4 Å². The van der Waals surface area contributed by atoms with Gasteiger partial charge >= 0.3 is 6.09 Å². The van der Waals surface area contributed by atoms with E-state index in [-0.39, 0.29) is 42.3 Å². The summed E-state index contributed by atoms with van der Waals surface area (Å²) in [6, 6.07) is 5.83. The molecule has 0 spiro atoms. The van der Waals surface area contributed by atoms with Crippen molar-refractivity contribution in [1.82, 2.24) is 26.5 Å². The van der Waals surface area contributed by atoms with E-state index < -0.39 is 0 Å². The molecule has 1 saturated heterocycles. The Labute approximate surface area is 165 Å². The lowest BCUT2D eigenvalue weighted by molar-refractivity contribution is -0.121. The first-order valence-electron chi connectivity index (χ1n) is 10.2. The maximum Gasteiger partial charge on any atom is 0.407 e. The van der Waals surface area contributed by atoms with Gasteiger partial charge in [-0.1, -0.05) is 6.07 Å². The van der Waals surface area contributed by atoms with Gasteiger partial charge in [0.1, 0.15) is 6.10 Å². The highest BCUT2D eigenvalue weighted by Gasteiger charge is 2.41. The summed E-state index contributed by atoms with van der Waals surface area (Å²) in [7, 11) is 0. The topological polar surface area (TPSA) is 104 Å². The van der Waals surface area contributed by atoms with Gasteiger partial charge in [-0.25, -0.2) is 10.2 Å². The van der Waals surface area contributed by atoms with Crippen molar-refractivity contribution in [3.8, 4) is 0 Å². The monoisotopic (exact) mass is 387 g/mol. The van der Waals surface area contributed by atoms with Gasteiger partial charge in [0, 0.05) is 23.5 Å². The fourth-order valence-corrected chi connectivity index (χ4v) is 4.08. The van der Waals surface area contributed by atoms with Gasteiger partial charge in [0.15, 0.2) is 0 Å². The Kier molecular flexibility index (Phi) is 5.50. The summed E-state index contributed by atoms with van der Waals surface area (Å²) >= 11 is 0. The number of rotatable bonds is 6. The van der Waals surface area contributed by atoms with Crippen molar-refractivity contribution in [3.05, 3.63) is 30.1 Å². The first-order chi connectivity index (χ1) is 13.5. The molecule has 1 aliphatic heterocycles. The molecule has 2 aliphatic carbocycles. The number of aromatic nitrogens is 1. The van der Waals surface area contributed by atoms with Crippen LogP contribution in [0.2, 0.25) is 0 Å². The quantitative estimate of drug-likeness (QED) is 0.588. The number of hydrazine groups is 1. The van der Waals surface area contributed by atoms with Crippen molar-refractivity contribution in [2.45, 2.75) is 75.7 Å². The van der Waals surface area contributed by atoms with E-state index in [9.17, 15) is 9.59 Å². The van der Waals surface area contributed by atoms with Gasteiger partial charge in [0.2, 0.25) is 5.91 Å². The van der Waals surface area contributed by atoms with Crippen LogP contribution in [0.3, 0.4) is 0 Å². The van der Waals surface area contributed by atoms with Crippen LogP contribution >= 0.6 is 0 Å². The fraction of sp³-hybridized carbons (Fsp3) is 0.650. The van der Waals surface area contributed by atoms with Crippen LogP contribution in [0, 0.1) is 5.92 Å². The van der Waals surface area contributed by atoms with Crippen molar-refractivity contribution >= 4 is 12.0 Å². The Hall–Kier alpha value is -2.19. The number of hydrogen-bond acceptors (Lipinski definition) is 6. The molecule has 1 aromatic rings. The van der Waals surface area contributed by atoms with E-state index in [0.717, 1.165) is 44.2 Å². The molecule has 0 radical (unpaired) electrons. The van der Waals surface area contributed by atoms with Crippen LogP contribution in [0.15, 0.2) is 24.4 Å². The minimum atomic E-state index is -0.289. The van der Waals surface area contributed by atoms with Crippen LogP contribution in [-0.2, 0) is 16.0 Å². The first-order valence-corrected chi connectivity index (χ1v) is 10.2. The molecule has 4 rings (SSSR count). The third kappa shape index (κ3) is 4.99. The van der Waals surface area contributed by atoms with Gasteiger partial charge in [-0.05, 0) is 63.5 Å². The first kappa shape index (κ1) is 19.1. The molecule has 2 heterocycles. The summed E-state index contributed by atoms with van der Waals surface area (Å²) in [5.74, 6) is 0.385. The standard InChI is InChI=1S/C20H29N5O3/c1-20(7-8-20)23-19(27)28-15-6-5-13(10-15)16-12-17(25-24-16)22-18(26)11-14-4-2-3-9-21-14/h2-4,9,13,15-17,24-25H,5-8,10-12H2,1H3,(H,22,26)(H,23,27)/t13-,15+,16?,17?/m0/s1. The third-order valence-corrected chi connectivity index (χ3v) is 6.01. The maximum atomic E-state index is 12.2. The number of carbonyl (C=O) groups is 2. The normalized spacial score (nSPS) is 30.6. The molecule has 28 heavy (non-hydrogen) atoms. The predicted molar refractivity (Wildman–Crippen MR) is 103 cm³/mol. The van der Waals surface area contributed by atoms with E-state index in [1.807, 2.05) is 25.1 Å². The van der Waals surface area contributed by atoms with E-state index >= 15 is 0 Å². The number of ether oxygens (including phenoxy) is 1. The number of nitrogens with one attached hydrogen (secondary N) is 4. The number of amides is 2. The highest BCUT2D eigenvalue weighted by atomic mass is 16.6. The van der Waals surface area contributed by atoms with Crippen molar-refractivity contribution in [2.24, 2.45) is 5.92 Å². The molecular formula is C20H29N5O3. The largest absolute Gasteiger partial charge is 0.446 e. The van der Waals surface area contributed by atoms with Gasteiger partial charge in [0.25, 0.3) is 0 Å². The van der Waals surface area contributed by atoms with E-state index in [1.165, 1.54) is 0 Å². The molecule has 0 aromatic carbocycles. The van der Waals surface area contributed by atoms with Crippen molar-refractivity contribution in [3.63, 3.8) is 0 Å². The molecule has 2 amide bonds. The smallest absolute Gasteiger partial charge is 0.407 e. The van der Waals surface area contributed by atoms with E-state index in [1.54, 1.807) is 6.20 Å². The second kappa shape index (κ2) is 8.05. The molecule has 1 aromatic heterocycles. The zero-order valence-corrected chi connectivity index (χ0v) is 16.2. The molecule has 0 bridgehead atoms. The molecule has 8 nitrogen and oxygen atoms in total. The molecule has 4 N–H and O–H groups in total. The summed E-state index contributed by atoms with van der Waals surface area (Å²) in [5.41, 5.74) is 7.19. The van der Waals surface area contributed by atoms with Crippen LogP contribution in [0.4, 0.5) is 4.79 Å². The lowest BCUT2D eigenvalue weighted by Crippen LogP contribution is -2.45. The van der Waals surface area contributed by atoms with E-state index in [4.69, 9.17) is 4.74 Å². The number of nitrogens with zero attached hydrogens (tertiary/aromatic N) is 1. The molecule has 4 atom stereocenters. The van der Waals surface area contributed by atoms with Crippen LogP contribution < -0.4 is 21.5 Å². The molecule has 3 aliphatic rings. The van der Waals surface area contributed by atoms with E-state index in [2.05, 4.69) is 26.5 Å². The predicted octanol–water partition coefficient (Wildman–Crippen LogP) is 1.38. The third-order valence-electron chi connectivity index (χ3n) is 6.01. The number of pyridine rings is 1. The average molecular weight is 387 g/mol. The Balaban J connectivity index is 1.18. The van der Waals surface area contributed by atoms with Crippen LogP contribution in [0.25, 0.3) is 0 Å². The Bertz CT molecular complexity index is 709. The minimum absolute atomic E-state index is 0.0213. The zero-order valence-electron chi connectivity index (χ0n) is 16.2. The van der Waals surface area contributed by atoms with Gasteiger partial charge in [0.05, 0.1) is 12.6 Å². The molecule has 152 valence electrons. The van der Waals surface area contributed by atoms with Gasteiger partial charge in [-0.3, -0.25) is 15.2 Å². The van der Waals surface area contributed by atoms with Gasteiger partial charge in [-0.2, -0.15) is 0 Å². The lowest BCUT2D eigenvalue weighted by atomic mass is 9.96. The lowest BCUT2D eigenvalue weighted by Gasteiger charge is -2.19. The molecule has 8 heteroatoms. The summed E-state index contributed by atoms with van der Waals surface area (Å²) < 4.78 is 5.60. The minimum Gasteiger partial charge on any atom is -0.446 e. The number of carbonyl (C=O) groups excluding carboxylic acids is 2. The van der Waals surface area contributed by atoms with Crippen LogP contribution in [-0.4, -0.2) is 40.8 Å². The summed E-state index contributed by atoms with van der Waals surface area (Å²) in [5, 5.41) is 5.96. The Morgan fingerprint density at radius 1 is 1.25 bits per heavy atom. The van der Waals surface area contributed by atoms with Crippen molar-refractivity contribution in [2.75, 3.05) is 0 Å². The highest BCUT2D eigenvalue weighted by molar-refractivity contribution is 5.78. The van der Waals surface area contributed by atoms with Gasteiger partial charge in [-0.15, -0.1) is 0 Å². The molecule has 2 saturated carbocycles. The summed E-state index contributed by atoms with van der Waals surface area (Å²) in [6.07, 6.45) is 7.20. The van der Waals surface area contributed by atoms with Crippen molar-refractivity contribution in [1.29, 1.82) is 0 Å².